The smallest absolute Gasteiger partial charge is 0.338 e. The van der Waals surface area contributed by atoms with E-state index in [-0.39, 0.29) is 22.3 Å². The molecule has 0 bridgehead atoms. The molecule has 2 aromatic carbocycles. The van der Waals surface area contributed by atoms with Gasteiger partial charge in [0.25, 0.3) is 0 Å². The Morgan fingerprint density at radius 1 is 1.00 bits per heavy atom. The van der Waals surface area contributed by atoms with E-state index in [2.05, 4.69) is 4.72 Å². The number of ether oxygens (including phenoxy) is 1. The van der Waals surface area contributed by atoms with E-state index in [1.807, 2.05) is 19.9 Å². The van der Waals surface area contributed by atoms with Crippen molar-refractivity contribution in [1.82, 2.24) is 4.72 Å². The summed E-state index contributed by atoms with van der Waals surface area (Å²) >= 11 is 0. The van der Waals surface area contributed by atoms with Gasteiger partial charge in [-0.05, 0) is 75.1 Å². The Labute approximate surface area is 165 Å². The van der Waals surface area contributed by atoms with E-state index < -0.39 is 22.1 Å². The molecule has 1 aliphatic carbocycles. The van der Waals surface area contributed by atoms with Crippen LogP contribution < -0.4 is 4.72 Å². The van der Waals surface area contributed by atoms with Crippen molar-refractivity contribution in [3.63, 3.8) is 0 Å². The lowest BCUT2D eigenvalue weighted by atomic mass is 10.0. The third kappa shape index (κ3) is 4.66. The van der Waals surface area contributed by atoms with Crippen LogP contribution in [-0.4, -0.2) is 32.3 Å². The molecule has 28 heavy (non-hydrogen) atoms. The number of nitrogens with one attached hydrogen (secondary N) is 1. The molecule has 1 N–H and O–H groups in total. The first-order chi connectivity index (χ1) is 13.2. The van der Waals surface area contributed by atoms with Crippen molar-refractivity contribution in [2.45, 2.75) is 50.7 Å². The molecular weight excluding hydrogens is 378 g/mol. The SMILES string of the molecule is Cc1ccc(C(=O)C(C)OC(=O)c2ccc(S(=O)(=O)NC3CC3)cc2)cc1C. The Morgan fingerprint density at radius 2 is 1.61 bits per heavy atom. The van der Waals surface area contributed by atoms with Gasteiger partial charge >= 0.3 is 5.97 Å². The number of ketones is 1. The van der Waals surface area contributed by atoms with Gasteiger partial charge in [0, 0.05) is 11.6 Å². The highest BCUT2D eigenvalue weighted by Crippen LogP contribution is 2.22. The molecule has 0 heterocycles. The summed E-state index contributed by atoms with van der Waals surface area (Å²) < 4.78 is 32.2. The average Bonchev–Trinajstić information content (AvgIpc) is 3.46. The van der Waals surface area contributed by atoms with Gasteiger partial charge in [0.1, 0.15) is 0 Å². The minimum Gasteiger partial charge on any atom is -0.451 e. The summed E-state index contributed by atoms with van der Waals surface area (Å²) in [6.07, 6.45) is 0.737. The number of carbonyl (C=O) groups is 2. The van der Waals surface area contributed by atoms with Crippen LogP contribution in [0.15, 0.2) is 47.4 Å². The van der Waals surface area contributed by atoms with Gasteiger partial charge in [0.2, 0.25) is 15.8 Å². The Hall–Kier alpha value is -2.51. The summed E-state index contributed by atoms with van der Waals surface area (Å²) in [4.78, 5) is 24.9. The monoisotopic (exact) mass is 401 g/mol. The van der Waals surface area contributed by atoms with Crippen LogP contribution in [0.1, 0.15) is 51.6 Å². The molecule has 7 heteroatoms. The van der Waals surface area contributed by atoms with E-state index >= 15 is 0 Å². The van der Waals surface area contributed by atoms with Crippen molar-refractivity contribution in [2.75, 3.05) is 0 Å². The third-order valence-corrected chi connectivity index (χ3v) is 6.28. The van der Waals surface area contributed by atoms with Gasteiger partial charge in [-0.25, -0.2) is 17.9 Å². The zero-order valence-electron chi connectivity index (χ0n) is 16.1. The summed E-state index contributed by atoms with van der Waals surface area (Å²) in [5.74, 6) is -0.965. The molecule has 1 atom stereocenters. The molecule has 148 valence electrons. The summed E-state index contributed by atoms with van der Waals surface area (Å²) in [6, 6.07) is 10.8. The minimum absolute atomic E-state index is 0.00640. The van der Waals surface area contributed by atoms with Gasteiger partial charge in [-0.2, -0.15) is 0 Å². The van der Waals surface area contributed by atoms with E-state index in [4.69, 9.17) is 4.74 Å². The van der Waals surface area contributed by atoms with Gasteiger partial charge in [0.05, 0.1) is 10.5 Å². The maximum Gasteiger partial charge on any atom is 0.338 e. The van der Waals surface area contributed by atoms with Gasteiger partial charge in [0.15, 0.2) is 6.10 Å². The Bertz CT molecular complexity index is 1010. The number of aryl methyl sites for hydroxylation is 2. The fraction of sp³-hybridized carbons (Fsp3) is 0.333. The summed E-state index contributed by atoms with van der Waals surface area (Å²) in [5.41, 5.74) is 2.73. The van der Waals surface area contributed by atoms with E-state index in [0.717, 1.165) is 24.0 Å². The highest BCUT2D eigenvalue weighted by Gasteiger charge is 2.28. The number of hydrogen-bond acceptors (Lipinski definition) is 5. The zero-order valence-corrected chi connectivity index (χ0v) is 16.9. The van der Waals surface area contributed by atoms with Crippen molar-refractivity contribution in [2.24, 2.45) is 0 Å². The molecule has 2 aromatic rings. The first kappa shape index (κ1) is 20.2. The predicted octanol–water partition coefficient (Wildman–Crippen LogP) is 3.17. The molecule has 1 aliphatic rings. The number of esters is 1. The normalized spacial score (nSPS) is 15.1. The van der Waals surface area contributed by atoms with Crippen LogP contribution in [-0.2, 0) is 14.8 Å². The molecule has 0 radical (unpaired) electrons. The van der Waals surface area contributed by atoms with Crippen LogP contribution in [0.25, 0.3) is 0 Å². The first-order valence-corrected chi connectivity index (χ1v) is 10.6. The van der Waals surface area contributed by atoms with Crippen LogP contribution >= 0.6 is 0 Å². The molecule has 0 amide bonds. The second-order valence-electron chi connectivity index (χ2n) is 7.13. The quantitative estimate of drug-likeness (QED) is 0.569. The van der Waals surface area contributed by atoms with Crippen molar-refractivity contribution < 1.29 is 22.7 Å². The number of rotatable bonds is 7. The molecule has 6 nitrogen and oxygen atoms in total. The Morgan fingerprint density at radius 3 is 2.18 bits per heavy atom. The Kier molecular flexibility index (Phi) is 5.67. The fourth-order valence-corrected chi connectivity index (χ4v) is 3.98. The van der Waals surface area contributed by atoms with Gasteiger partial charge in [-0.1, -0.05) is 12.1 Å². The van der Waals surface area contributed by atoms with Crippen LogP contribution in [0, 0.1) is 13.8 Å². The van der Waals surface area contributed by atoms with E-state index in [0.29, 0.717) is 5.56 Å². The predicted molar refractivity (Wildman–Crippen MR) is 105 cm³/mol. The topological polar surface area (TPSA) is 89.5 Å². The number of sulfonamides is 1. The number of hydrogen-bond donors (Lipinski definition) is 1. The maximum atomic E-state index is 12.5. The lowest BCUT2D eigenvalue weighted by Crippen LogP contribution is -2.26. The van der Waals surface area contributed by atoms with Crippen LogP contribution in [0.5, 0.6) is 0 Å². The van der Waals surface area contributed by atoms with E-state index in [1.165, 1.54) is 31.2 Å². The van der Waals surface area contributed by atoms with Crippen LogP contribution in [0.2, 0.25) is 0 Å². The van der Waals surface area contributed by atoms with Gasteiger partial charge in [-0.3, -0.25) is 4.79 Å². The zero-order chi connectivity index (χ0) is 20.5. The molecule has 1 fully saturated rings. The highest BCUT2D eigenvalue weighted by molar-refractivity contribution is 7.89. The molecule has 0 spiro atoms. The van der Waals surface area contributed by atoms with Crippen molar-refractivity contribution in [3.8, 4) is 0 Å². The van der Waals surface area contributed by atoms with Crippen molar-refractivity contribution in [1.29, 1.82) is 0 Å². The summed E-state index contributed by atoms with van der Waals surface area (Å²) in [5, 5.41) is 0. The second kappa shape index (κ2) is 7.85. The maximum absolute atomic E-state index is 12.5. The molecule has 0 saturated heterocycles. The molecule has 3 rings (SSSR count). The van der Waals surface area contributed by atoms with E-state index in [1.54, 1.807) is 12.1 Å². The Balaban J connectivity index is 1.66. The standard InChI is InChI=1S/C21H23NO5S/c1-13-4-5-17(12-14(13)2)20(23)15(3)27-21(24)16-6-10-19(11-7-16)28(25,26)22-18-8-9-18/h4-7,10-12,15,18,22H,8-9H2,1-3H3. The van der Waals surface area contributed by atoms with Crippen molar-refractivity contribution >= 4 is 21.8 Å². The van der Waals surface area contributed by atoms with Gasteiger partial charge < -0.3 is 4.74 Å². The second-order valence-corrected chi connectivity index (χ2v) is 8.84. The average molecular weight is 401 g/mol. The van der Waals surface area contributed by atoms with Crippen molar-refractivity contribution in [3.05, 3.63) is 64.7 Å². The lowest BCUT2D eigenvalue weighted by molar-refractivity contribution is 0.0318. The number of benzene rings is 2. The molecule has 0 aliphatic heterocycles. The lowest BCUT2D eigenvalue weighted by Gasteiger charge is -2.13. The molecule has 0 aromatic heterocycles. The number of carbonyl (C=O) groups excluding carboxylic acids is 2. The third-order valence-electron chi connectivity index (χ3n) is 4.74. The molecular formula is C21H23NO5S. The highest BCUT2D eigenvalue weighted by atomic mass is 32.2. The summed E-state index contributed by atoms with van der Waals surface area (Å²) in [7, 11) is -3.58. The summed E-state index contributed by atoms with van der Waals surface area (Å²) in [6.45, 7) is 5.39. The molecule has 1 unspecified atom stereocenters. The van der Waals surface area contributed by atoms with Crippen LogP contribution in [0.3, 0.4) is 0 Å². The molecule has 1 saturated carbocycles. The first-order valence-electron chi connectivity index (χ1n) is 9.12. The fourth-order valence-electron chi connectivity index (χ4n) is 2.67. The van der Waals surface area contributed by atoms with Crippen LogP contribution in [0.4, 0.5) is 0 Å². The van der Waals surface area contributed by atoms with E-state index in [9.17, 15) is 18.0 Å². The largest absolute Gasteiger partial charge is 0.451 e. The number of Topliss-reactive ketones (excluding diaryl/α,β-unsaturated/α-hetero) is 1. The minimum atomic E-state index is -3.58. The van der Waals surface area contributed by atoms with Gasteiger partial charge in [-0.15, -0.1) is 0 Å².